The van der Waals surface area contributed by atoms with Crippen molar-refractivity contribution in [3.8, 4) is 0 Å². The predicted molar refractivity (Wildman–Crippen MR) is 90.9 cm³/mol. The predicted octanol–water partition coefficient (Wildman–Crippen LogP) is 1.58. The Bertz CT molecular complexity index is 501. The number of carbonyl (C=O) groups excluding carboxylic acids is 2. The Kier molecular flexibility index (Phi) is 7.16. The number of hydrogen-bond acceptors (Lipinski definition) is 3. The molecule has 22 heavy (non-hydrogen) atoms. The minimum atomic E-state index is -0.499. The molecule has 0 heterocycles. The molecule has 4 nitrogen and oxygen atoms in total. The van der Waals surface area contributed by atoms with Gasteiger partial charge in [-0.2, -0.15) is 0 Å². The van der Waals surface area contributed by atoms with Crippen LogP contribution in [0.15, 0.2) is 24.3 Å². The monoisotopic (exact) mass is 303 g/mol. The van der Waals surface area contributed by atoms with Crippen LogP contribution in [-0.2, 0) is 20.7 Å². The van der Waals surface area contributed by atoms with Crippen LogP contribution in [0, 0.1) is 0 Å². The SMILES string of the molecule is CBc1ccc(CCC(CC)(COC(C)=O)NC(C)=O)cc1. The summed E-state index contributed by atoms with van der Waals surface area (Å²) >= 11 is 0. The number of nitrogens with one attached hydrogen (secondary N) is 1. The second kappa shape index (κ2) is 8.62. The van der Waals surface area contributed by atoms with Crippen LogP contribution in [0.3, 0.4) is 0 Å². The van der Waals surface area contributed by atoms with Crippen LogP contribution in [0.5, 0.6) is 0 Å². The molecule has 0 aliphatic heterocycles. The molecule has 0 fully saturated rings. The molecular weight excluding hydrogens is 277 g/mol. The summed E-state index contributed by atoms with van der Waals surface area (Å²) in [6, 6.07) is 8.51. The van der Waals surface area contributed by atoms with E-state index in [0.29, 0.717) is 6.42 Å². The van der Waals surface area contributed by atoms with Crippen LogP contribution in [0.1, 0.15) is 39.2 Å². The van der Waals surface area contributed by atoms with Crippen molar-refractivity contribution in [2.24, 2.45) is 0 Å². The fourth-order valence-electron chi connectivity index (χ4n) is 2.48. The van der Waals surface area contributed by atoms with Crippen LogP contribution >= 0.6 is 0 Å². The summed E-state index contributed by atoms with van der Waals surface area (Å²) in [5.41, 5.74) is 2.04. The largest absolute Gasteiger partial charge is 0.463 e. The number of rotatable bonds is 8. The third-order valence-corrected chi connectivity index (χ3v) is 3.99. The van der Waals surface area contributed by atoms with Crippen molar-refractivity contribution in [1.82, 2.24) is 5.32 Å². The fraction of sp³-hybridized carbons (Fsp3) is 0.529. The molecule has 1 aromatic rings. The van der Waals surface area contributed by atoms with Gasteiger partial charge in [0.2, 0.25) is 5.91 Å². The van der Waals surface area contributed by atoms with E-state index in [1.807, 2.05) is 6.92 Å². The van der Waals surface area contributed by atoms with Crippen molar-refractivity contribution in [2.45, 2.75) is 52.4 Å². The molecule has 0 radical (unpaired) electrons. The van der Waals surface area contributed by atoms with E-state index in [1.165, 1.54) is 24.9 Å². The summed E-state index contributed by atoms with van der Waals surface area (Å²) < 4.78 is 5.17. The van der Waals surface area contributed by atoms with E-state index in [9.17, 15) is 9.59 Å². The highest BCUT2D eigenvalue weighted by Crippen LogP contribution is 2.19. The van der Waals surface area contributed by atoms with E-state index in [-0.39, 0.29) is 18.5 Å². The first kappa shape index (κ1) is 18.3. The summed E-state index contributed by atoms with van der Waals surface area (Å²) in [5, 5.41) is 2.98. The maximum atomic E-state index is 11.5. The second-order valence-electron chi connectivity index (χ2n) is 5.77. The molecule has 0 aliphatic rings. The van der Waals surface area contributed by atoms with E-state index >= 15 is 0 Å². The van der Waals surface area contributed by atoms with Gasteiger partial charge in [-0.25, -0.2) is 0 Å². The zero-order valence-corrected chi connectivity index (χ0v) is 14.1. The van der Waals surface area contributed by atoms with Gasteiger partial charge in [0.15, 0.2) is 7.28 Å². The molecule has 0 aliphatic carbocycles. The molecule has 1 rings (SSSR count). The normalized spacial score (nSPS) is 13.1. The van der Waals surface area contributed by atoms with E-state index < -0.39 is 5.54 Å². The van der Waals surface area contributed by atoms with Crippen molar-refractivity contribution < 1.29 is 14.3 Å². The van der Waals surface area contributed by atoms with Gasteiger partial charge in [0.1, 0.15) is 6.61 Å². The number of carbonyl (C=O) groups is 2. The van der Waals surface area contributed by atoms with Gasteiger partial charge < -0.3 is 10.1 Å². The maximum Gasteiger partial charge on any atom is 0.302 e. The van der Waals surface area contributed by atoms with Crippen LogP contribution in [0.25, 0.3) is 0 Å². The summed E-state index contributed by atoms with van der Waals surface area (Å²) in [7, 11) is 1.03. The standard InChI is InChI=1S/C17H26BNO3/c1-5-17(19-13(2)20,12-22-14(3)21)11-10-15-6-8-16(18-4)9-7-15/h6-9,18H,5,10-12H2,1-4H3,(H,19,20). The lowest BCUT2D eigenvalue weighted by atomic mass is 9.73. The number of aryl methyl sites for hydroxylation is 1. The molecule has 1 aromatic carbocycles. The molecule has 1 N–H and O–H groups in total. The van der Waals surface area contributed by atoms with E-state index in [0.717, 1.165) is 20.1 Å². The molecule has 120 valence electrons. The Morgan fingerprint density at radius 3 is 2.32 bits per heavy atom. The molecule has 0 aromatic heterocycles. The summed E-state index contributed by atoms with van der Waals surface area (Å²) in [6.45, 7) is 7.23. The first-order chi connectivity index (χ1) is 10.4. The van der Waals surface area contributed by atoms with Crippen molar-refractivity contribution in [2.75, 3.05) is 6.61 Å². The number of hydrogen-bond donors (Lipinski definition) is 1. The smallest absolute Gasteiger partial charge is 0.302 e. The lowest BCUT2D eigenvalue weighted by Crippen LogP contribution is -2.51. The molecule has 0 saturated heterocycles. The zero-order valence-electron chi connectivity index (χ0n) is 14.1. The van der Waals surface area contributed by atoms with Crippen LogP contribution in [0.2, 0.25) is 6.82 Å². The second-order valence-corrected chi connectivity index (χ2v) is 5.77. The Balaban J connectivity index is 2.76. The van der Waals surface area contributed by atoms with Gasteiger partial charge in [-0.1, -0.05) is 43.5 Å². The van der Waals surface area contributed by atoms with Gasteiger partial charge >= 0.3 is 5.97 Å². The lowest BCUT2D eigenvalue weighted by Gasteiger charge is -2.33. The summed E-state index contributed by atoms with van der Waals surface area (Å²) in [6.07, 6.45) is 2.29. The topological polar surface area (TPSA) is 55.4 Å². The highest BCUT2D eigenvalue weighted by molar-refractivity contribution is 6.51. The Labute approximate surface area is 133 Å². The molecule has 5 heteroatoms. The van der Waals surface area contributed by atoms with E-state index in [2.05, 4.69) is 36.4 Å². The van der Waals surface area contributed by atoms with E-state index in [4.69, 9.17) is 4.74 Å². The first-order valence-corrected chi connectivity index (χ1v) is 7.90. The maximum absolute atomic E-state index is 11.5. The molecule has 0 saturated carbocycles. The van der Waals surface area contributed by atoms with Gasteiger partial charge in [0, 0.05) is 13.8 Å². The van der Waals surface area contributed by atoms with Crippen molar-refractivity contribution in [1.29, 1.82) is 0 Å². The molecule has 1 atom stereocenters. The average Bonchev–Trinajstić information content (AvgIpc) is 2.50. The van der Waals surface area contributed by atoms with Gasteiger partial charge in [-0.3, -0.25) is 9.59 Å². The summed E-state index contributed by atoms with van der Waals surface area (Å²) in [5.74, 6) is -0.425. The fourth-order valence-corrected chi connectivity index (χ4v) is 2.48. The van der Waals surface area contributed by atoms with Crippen molar-refractivity contribution >= 4 is 24.6 Å². The lowest BCUT2D eigenvalue weighted by molar-refractivity contribution is -0.144. The molecule has 0 bridgehead atoms. The average molecular weight is 303 g/mol. The Hall–Kier alpha value is -1.78. The highest BCUT2D eigenvalue weighted by Gasteiger charge is 2.30. The van der Waals surface area contributed by atoms with Gasteiger partial charge in [-0.15, -0.1) is 0 Å². The summed E-state index contributed by atoms with van der Waals surface area (Å²) in [4.78, 5) is 22.6. The van der Waals surface area contributed by atoms with Crippen LogP contribution in [0.4, 0.5) is 0 Å². The number of ether oxygens (including phenoxy) is 1. The first-order valence-electron chi connectivity index (χ1n) is 7.90. The highest BCUT2D eigenvalue weighted by atomic mass is 16.5. The Morgan fingerprint density at radius 1 is 1.23 bits per heavy atom. The molecule has 1 unspecified atom stereocenters. The van der Waals surface area contributed by atoms with Crippen LogP contribution in [-0.4, -0.2) is 31.3 Å². The van der Waals surface area contributed by atoms with Gasteiger partial charge in [0.05, 0.1) is 5.54 Å². The zero-order chi connectivity index (χ0) is 16.6. The Morgan fingerprint density at radius 2 is 1.86 bits per heavy atom. The van der Waals surface area contributed by atoms with Gasteiger partial charge in [-0.05, 0) is 24.8 Å². The van der Waals surface area contributed by atoms with E-state index in [1.54, 1.807) is 0 Å². The number of amides is 1. The minimum absolute atomic E-state index is 0.102. The molecule has 1 amide bonds. The number of benzene rings is 1. The van der Waals surface area contributed by atoms with Crippen molar-refractivity contribution in [3.63, 3.8) is 0 Å². The molecular formula is C17H26BNO3. The molecule has 0 spiro atoms. The van der Waals surface area contributed by atoms with Crippen molar-refractivity contribution in [3.05, 3.63) is 29.8 Å². The van der Waals surface area contributed by atoms with Gasteiger partial charge in [0.25, 0.3) is 0 Å². The minimum Gasteiger partial charge on any atom is -0.463 e. The quantitative estimate of drug-likeness (QED) is 0.586. The third-order valence-electron chi connectivity index (χ3n) is 3.99. The van der Waals surface area contributed by atoms with Crippen LogP contribution < -0.4 is 10.8 Å². The third kappa shape index (κ3) is 5.92. The number of esters is 1.